The number of benzene rings is 3. The van der Waals surface area contributed by atoms with E-state index in [2.05, 4.69) is 95.3 Å². The molecule has 0 unspecified atom stereocenters. The molecule has 3 aromatic carbocycles. The highest BCUT2D eigenvalue weighted by Crippen LogP contribution is 2.38. The van der Waals surface area contributed by atoms with Gasteiger partial charge >= 0.3 is 0 Å². The lowest BCUT2D eigenvalue weighted by atomic mass is 9.82. The van der Waals surface area contributed by atoms with E-state index in [1.54, 1.807) is 6.26 Å². The van der Waals surface area contributed by atoms with Crippen molar-refractivity contribution < 1.29 is 8.83 Å². The van der Waals surface area contributed by atoms with Crippen molar-refractivity contribution in [1.29, 1.82) is 0 Å². The first-order valence-corrected chi connectivity index (χ1v) is 12.7. The lowest BCUT2D eigenvalue weighted by molar-refractivity contribution is 0.594. The Bertz CT molecular complexity index is 1730. The molecule has 3 heterocycles. The van der Waals surface area contributed by atoms with Crippen LogP contribution in [0.2, 0.25) is 0 Å². The highest BCUT2D eigenvalue weighted by Gasteiger charge is 2.20. The van der Waals surface area contributed by atoms with E-state index in [1.165, 1.54) is 27.3 Å². The molecule has 0 aliphatic carbocycles. The third-order valence-electron chi connectivity index (χ3n) is 6.97. The molecule has 0 bridgehead atoms. The minimum atomic E-state index is 0.0112. The lowest BCUT2D eigenvalue weighted by Gasteiger charge is -2.23. The summed E-state index contributed by atoms with van der Waals surface area (Å²) in [5, 5.41) is 3.69. The minimum absolute atomic E-state index is 0.0112. The first-order chi connectivity index (χ1) is 17.3. The smallest absolute Gasteiger partial charge is 0.160 e. The number of hydrogen-bond donors (Lipinski definition) is 0. The topological polar surface area (TPSA) is 39.2 Å². The van der Waals surface area contributed by atoms with Crippen LogP contribution in [0.15, 0.2) is 88.1 Å². The molecule has 36 heavy (non-hydrogen) atoms. The molecule has 3 heteroatoms. The summed E-state index contributed by atoms with van der Waals surface area (Å²) in [5.41, 5.74) is 9.39. The number of rotatable bonds is 4. The van der Waals surface area contributed by atoms with Gasteiger partial charge in [-0.2, -0.15) is 0 Å². The molecule has 0 fully saturated rings. The average Bonchev–Trinajstić information content (AvgIpc) is 3.48. The largest absolute Gasteiger partial charge is 0.464 e. The Hall–Kier alpha value is -3.85. The molecule has 0 amide bonds. The van der Waals surface area contributed by atoms with Gasteiger partial charge in [0.2, 0.25) is 0 Å². The molecule has 3 aromatic heterocycles. The molecule has 0 radical (unpaired) electrons. The van der Waals surface area contributed by atoms with Crippen LogP contribution in [0.25, 0.3) is 55.2 Å². The van der Waals surface area contributed by atoms with Crippen LogP contribution in [0.1, 0.15) is 45.7 Å². The van der Waals surface area contributed by atoms with Crippen molar-refractivity contribution in [1.82, 2.24) is 4.98 Å². The number of aromatic nitrogens is 1. The Kier molecular flexibility index (Phi) is 5.26. The Labute approximate surface area is 211 Å². The maximum Gasteiger partial charge on any atom is 0.160 e. The number of pyridine rings is 1. The molecular weight excluding hydrogens is 442 g/mol. The van der Waals surface area contributed by atoms with Crippen LogP contribution in [0.3, 0.4) is 0 Å². The van der Waals surface area contributed by atoms with Crippen LogP contribution in [-0.2, 0) is 11.8 Å². The van der Waals surface area contributed by atoms with Crippen molar-refractivity contribution in [2.45, 2.75) is 46.5 Å². The van der Waals surface area contributed by atoms with Crippen LogP contribution in [0, 0.1) is 5.92 Å². The predicted molar refractivity (Wildman–Crippen MR) is 149 cm³/mol. The zero-order valence-corrected chi connectivity index (χ0v) is 21.6. The highest BCUT2D eigenvalue weighted by molar-refractivity contribution is 5.97. The standard InChI is InChI=1S/C33H31NO2/c1-20(2)14-24-19-36-31-11-10-22(16-26(24)31)27-18-30(34-29-12-13-35-32(27)29)23-15-21-8-6-7-9-25(21)28(17-23)33(3,4)5/h6-13,15-20H,14H2,1-5H3. The summed E-state index contributed by atoms with van der Waals surface area (Å²) in [6, 6.07) is 23.7. The van der Waals surface area contributed by atoms with Gasteiger partial charge < -0.3 is 8.83 Å². The van der Waals surface area contributed by atoms with Crippen molar-refractivity contribution in [2.24, 2.45) is 5.92 Å². The molecular formula is C33H31NO2. The second kappa shape index (κ2) is 8.37. The second-order valence-corrected chi connectivity index (χ2v) is 11.3. The zero-order chi connectivity index (χ0) is 25.0. The summed E-state index contributed by atoms with van der Waals surface area (Å²) in [6.45, 7) is 11.3. The van der Waals surface area contributed by atoms with Crippen molar-refractivity contribution in [3.63, 3.8) is 0 Å². The van der Waals surface area contributed by atoms with Crippen LogP contribution < -0.4 is 0 Å². The zero-order valence-electron chi connectivity index (χ0n) is 21.6. The number of hydrogen-bond acceptors (Lipinski definition) is 3. The molecule has 0 aliphatic heterocycles. The van der Waals surface area contributed by atoms with E-state index < -0.39 is 0 Å². The number of fused-ring (bicyclic) bond motifs is 3. The second-order valence-electron chi connectivity index (χ2n) is 11.3. The van der Waals surface area contributed by atoms with Gasteiger partial charge in [-0.1, -0.05) is 65.0 Å². The SMILES string of the molecule is CC(C)Cc1coc2ccc(-c3cc(-c4cc(C(C)(C)C)c5ccccc5c4)nc4ccoc34)cc12. The monoisotopic (exact) mass is 473 g/mol. The Morgan fingerprint density at radius 1 is 0.833 bits per heavy atom. The van der Waals surface area contributed by atoms with Crippen LogP contribution >= 0.6 is 0 Å². The molecule has 180 valence electrons. The van der Waals surface area contributed by atoms with E-state index in [-0.39, 0.29) is 5.41 Å². The van der Waals surface area contributed by atoms with E-state index in [1.807, 2.05) is 12.3 Å². The first-order valence-electron chi connectivity index (χ1n) is 12.7. The fraction of sp³-hybridized carbons (Fsp3) is 0.242. The fourth-order valence-corrected chi connectivity index (χ4v) is 5.24. The van der Waals surface area contributed by atoms with Crippen molar-refractivity contribution >= 4 is 32.8 Å². The van der Waals surface area contributed by atoms with Gasteiger partial charge in [0.25, 0.3) is 0 Å². The van der Waals surface area contributed by atoms with Gasteiger partial charge in [-0.15, -0.1) is 0 Å². The van der Waals surface area contributed by atoms with E-state index >= 15 is 0 Å². The molecule has 0 atom stereocenters. The van der Waals surface area contributed by atoms with Gasteiger partial charge in [-0.05, 0) is 75.5 Å². The third kappa shape index (κ3) is 3.89. The molecule has 0 N–H and O–H groups in total. The van der Waals surface area contributed by atoms with E-state index in [4.69, 9.17) is 13.8 Å². The molecule has 0 aliphatic rings. The van der Waals surface area contributed by atoms with Crippen LogP contribution in [-0.4, -0.2) is 4.98 Å². The van der Waals surface area contributed by atoms with Crippen LogP contribution in [0.4, 0.5) is 0 Å². The molecule has 6 rings (SSSR count). The van der Waals surface area contributed by atoms with Gasteiger partial charge in [0.05, 0.1) is 18.2 Å². The maximum absolute atomic E-state index is 5.94. The van der Waals surface area contributed by atoms with Gasteiger partial charge in [0.15, 0.2) is 5.58 Å². The summed E-state index contributed by atoms with van der Waals surface area (Å²) in [7, 11) is 0. The van der Waals surface area contributed by atoms with Gasteiger partial charge in [0, 0.05) is 22.6 Å². The summed E-state index contributed by atoms with van der Waals surface area (Å²) in [6.07, 6.45) is 4.62. The third-order valence-corrected chi connectivity index (χ3v) is 6.97. The van der Waals surface area contributed by atoms with Crippen LogP contribution in [0.5, 0.6) is 0 Å². The molecule has 3 nitrogen and oxygen atoms in total. The van der Waals surface area contributed by atoms with Gasteiger partial charge in [-0.3, -0.25) is 0 Å². The molecule has 6 aromatic rings. The summed E-state index contributed by atoms with van der Waals surface area (Å²) < 4.78 is 11.8. The highest BCUT2D eigenvalue weighted by atomic mass is 16.3. The van der Waals surface area contributed by atoms with E-state index in [0.717, 1.165) is 45.5 Å². The summed E-state index contributed by atoms with van der Waals surface area (Å²) in [5.74, 6) is 0.559. The molecule has 0 saturated carbocycles. The Balaban J connectivity index is 1.57. The van der Waals surface area contributed by atoms with Crippen molar-refractivity contribution in [2.75, 3.05) is 0 Å². The minimum Gasteiger partial charge on any atom is -0.464 e. The lowest BCUT2D eigenvalue weighted by Crippen LogP contribution is -2.12. The normalized spacial score (nSPS) is 12.4. The Morgan fingerprint density at radius 2 is 1.67 bits per heavy atom. The maximum atomic E-state index is 5.94. The predicted octanol–water partition coefficient (Wildman–Crippen LogP) is 9.56. The quantitative estimate of drug-likeness (QED) is 0.256. The number of nitrogens with zero attached hydrogens (tertiary/aromatic N) is 1. The summed E-state index contributed by atoms with van der Waals surface area (Å²) >= 11 is 0. The van der Waals surface area contributed by atoms with Gasteiger partial charge in [0.1, 0.15) is 11.1 Å². The van der Waals surface area contributed by atoms with E-state index in [0.29, 0.717) is 5.92 Å². The van der Waals surface area contributed by atoms with Crippen molar-refractivity contribution in [3.8, 4) is 22.4 Å². The molecule has 0 spiro atoms. The van der Waals surface area contributed by atoms with E-state index in [9.17, 15) is 0 Å². The summed E-state index contributed by atoms with van der Waals surface area (Å²) in [4.78, 5) is 5.02. The average molecular weight is 474 g/mol. The van der Waals surface area contributed by atoms with Crippen molar-refractivity contribution in [3.05, 3.63) is 90.4 Å². The number of furan rings is 2. The Morgan fingerprint density at radius 3 is 2.47 bits per heavy atom. The molecule has 0 saturated heterocycles. The fourth-order valence-electron chi connectivity index (χ4n) is 5.24. The first kappa shape index (κ1) is 22.6. The van der Waals surface area contributed by atoms with Gasteiger partial charge in [-0.25, -0.2) is 4.98 Å².